The smallest absolute Gasteiger partial charge is 0.236 e. The number of carbonyl (C=O) groups excluding carboxylic acids is 1. The van der Waals surface area contributed by atoms with Gasteiger partial charge < -0.3 is 14.4 Å². The minimum Gasteiger partial charge on any atom is -0.378 e. The van der Waals surface area contributed by atoms with E-state index in [-0.39, 0.29) is 5.91 Å². The Morgan fingerprint density at radius 2 is 1.84 bits per heavy atom. The van der Waals surface area contributed by atoms with Crippen molar-refractivity contribution in [2.24, 2.45) is 0 Å². The van der Waals surface area contributed by atoms with Crippen molar-refractivity contribution in [3.05, 3.63) is 0 Å². The lowest BCUT2D eigenvalue weighted by Gasteiger charge is -2.34. The van der Waals surface area contributed by atoms with Crippen LogP contribution in [0.2, 0.25) is 0 Å². The normalized spacial score (nSPS) is 23.0. The van der Waals surface area contributed by atoms with Crippen LogP contribution in [-0.4, -0.2) is 73.9 Å². The Morgan fingerprint density at radius 3 is 2.42 bits per heavy atom. The zero-order valence-corrected chi connectivity index (χ0v) is 12.1. The molecule has 2 heterocycles. The molecular weight excluding hydrogens is 244 g/mol. The van der Waals surface area contributed by atoms with Gasteiger partial charge in [-0.25, -0.2) is 0 Å². The highest BCUT2D eigenvalue weighted by Crippen LogP contribution is 2.15. The van der Waals surface area contributed by atoms with E-state index in [0.29, 0.717) is 32.0 Å². The molecular formula is C14H26N2O3. The number of amides is 1. The summed E-state index contributed by atoms with van der Waals surface area (Å²) in [6.07, 6.45) is 2.74. The van der Waals surface area contributed by atoms with Crippen molar-refractivity contribution < 1.29 is 14.3 Å². The van der Waals surface area contributed by atoms with Crippen molar-refractivity contribution in [2.45, 2.75) is 38.9 Å². The lowest BCUT2D eigenvalue weighted by atomic mass is 10.1. The number of hydrogen-bond acceptors (Lipinski definition) is 4. The van der Waals surface area contributed by atoms with Gasteiger partial charge in [-0.1, -0.05) is 0 Å². The van der Waals surface area contributed by atoms with Gasteiger partial charge in [-0.2, -0.15) is 0 Å². The Kier molecular flexibility index (Phi) is 5.60. The Hall–Kier alpha value is -0.650. The first-order chi connectivity index (χ1) is 9.15. The molecule has 110 valence electrons. The van der Waals surface area contributed by atoms with Crippen molar-refractivity contribution in [2.75, 3.05) is 45.9 Å². The first-order valence-corrected chi connectivity index (χ1v) is 7.38. The first kappa shape index (κ1) is 14.8. The molecule has 5 heteroatoms. The van der Waals surface area contributed by atoms with Gasteiger partial charge in [0.1, 0.15) is 0 Å². The van der Waals surface area contributed by atoms with E-state index in [1.54, 1.807) is 0 Å². The summed E-state index contributed by atoms with van der Waals surface area (Å²) in [5.74, 6) is 0.242. The van der Waals surface area contributed by atoms with Crippen LogP contribution in [0.25, 0.3) is 0 Å². The zero-order valence-electron chi connectivity index (χ0n) is 12.1. The van der Waals surface area contributed by atoms with Gasteiger partial charge >= 0.3 is 0 Å². The number of nitrogens with zero attached hydrogens (tertiary/aromatic N) is 2. The Labute approximate surface area is 115 Å². The number of piperidine rings is 1. The third kappa shape index (κ3) is 4.75. The van der Waals surface area contributed by atoms with Crippen LogP contribution >= 0.6 is 0 Å². The van der Waals surface area contributed by atoms with Crippen LogP contribution in [0.1, 0.15) is 26.7 Å². The van der Waals surface area contributed by atoms with Crippen LogP contribution in [-0.2, 0) is 14.3 Å². The average Bonchev–Trinajstić information content (AvgIpc) is 2.41. The molecule has 0 unspecified atom stereocenters. The molecule has 0 aliphatic carbocycles. The Bertz CT molecular complexity index is 282. The largest absolute Gasteiger partial charge is 0.378 e. The molecule has 0 saturated carbocycles. The molecule has 2 fully saturated rings. The highest BCUT2D eigenvalue weighted by molar-refractivity contribution is 5.78. The summed E-state index contributed by atoms with van der Waals surface area (Å²) in [7, 11) is 0. The molecule has 0 aromatic heterocycles. The van der Waals surface area contributed by atoms with Gasteiger partial charge in [-0.15, -0.1) is 0 Å². The van der Waals surface area contributed by atoms with Crippen LogP contribution in [0, 0.1) is 0 Å². The maximum Gasteiger partial charge on any atom is 0.236 e. The fourth-order valence-electron chi connectivity index (χ4n) is 2.69. The van der Waals surface area contributed by atoms with Crippen LogP contribution in [0.5, 0.6) is 0 Å². The summed E-state index contributed by atoms with van der Waals surface area (Å²) >= 11 is 0. The van der Waals surface area contributed by atoms with E-state index in [1.165, 1.54) is 0 Å². The highest BCUT2D eigenvalue weighted by Gasteiger charge is 2.24. The van der Waals surface area contributed by atoms with Crippen LogP contribution in [0.3, 0.4) is 0 Å². The molecule has 0 spiro atoms. The van der Waals surface area contributed by atoms with Crippen LogP contribution in [0.4, 0.5) is 0 Å². The fraction of sp³-hybridized carbons (Fsp3) is 0.929. The lowest BCUT2D eigenvalue weighted by molar-refractivity contribution is -0.137. The number of likely N-dealkylation sites (tertiary alicyclic amines) is 1. The molecule has 5 nitrogen and oxygen atoms in total. The molecule has 1 amide bonds. The van der Waals surface area contributed by atoms with Crippen LogP contribution < -0.4 is 0 Å². The van der Waals surface area contributed by atoms with E-state index < -0.39 is 0 Å². The molecule has 2 saturated heterocycles. The minimum atomic E-state index is 0.242. The molecule has 2 rings (SSSR count). The molecule has 0 bridgehead atoms. The molecule has 0 atom stereocenters. The van der Waals surface area contributed by atoms with Gasteiger partial charge in [0.2, 0.25) is 5.91 Å². The van der Waals surface area contributed by atoms with Crippen molar-refractivity contribution in [3.8, 4) is 0 Å². The summed E-state index contributed by atoms with van der Waals surface area (Å²) in [4.78, 5) is 16.3. The van der Waals surface area contributed by atoms with Gasteiger partial charge in [0.05, 0.1) is 32.0 Å². The maximum absolute atomic E-state index is 12.1. The van der Waals surface area contributed by atoms with E-state index in [0.717, 1.165) is 39.0 Å². The Morgan fingerprint density at radius 1 is 1.21 bits per heavy atom. The fourth-order valence-corrected chi connectivity index (χ4v) is 2.69. The van der Waals surface area contributed by atoms with E-state index in [1.807, 2.05) is 4.90 Å². The molecule has 19 heavy (non-hydrogen) atoms. The van der Waals surface area contributed by atoms with Gasteiger partial charge in [0, 0.05) is 26.2 Å². The quantitative estimate of drug-likeness (QED) is 0.755. The summed E-state index contributed by atoms with van der Waals surface area (Å²) in [6.45, 7) is 9.47. The number of morpholine rings is 1. The topological polar surface area (TPSA) is 42.0 Å². The second kappa shape index (κ2) is 7.22. The first-order valence-electron chi connectivity index (χ1n) is 7.38. The SMILES string of the molecule is CC(C)OC1CCN(CC(=O)N2CCOCC2)CC1. The van der Waals surface area contributed by atoms with Gasteiger partial charge in [-0.3, -0.25) is 9.69 Å². The summed E-state index contributed by atoms with van der Waals surface area (Å²) in [6, 6.07) is 0. The zero-order chi connectivity index (χ0) is 13.7. The average molecular weight is 270 g/mol. The summed E-state index contributed by atoms with van der Waals surface area (Å²) < 4.78 is 11.1. The van der Waals surface area contributed by atoms with Gasteiger partial charge in [0.15, 0.2) is 0 Å². The third-order valence-electron chi connectivity index (χ3n) is 3.72. The lowest BCUT2D eigenvalue weighted by Crippen LogP contribution is -2.48. The number of hydrogen-bond donors (Lipinski definition) is 0. The van der Waals surface area contributed by atoms with Crippen molar-refractivity contribution >= 4 is 5.91 Å². The van der Waals surface area contributed by atoms with Crippen molar-refractivity contribution in [3.63, 3.8) is 0 Å². The van der Waals surface area contributed by atoms with Gasteiger partial charge in [-0.05, 0) is 26.7 Å². The van der Waals surface area contributed by atoms with E-state index in [2.05, 4.69) is 18.7 Å². The van der Waals surface area contributed by atoms with Crippen LogP contribution in [0.15, 0.2) is 0 Å². The number of rotatable bonds is 4. The van der Waals surface area contributed by atoms with Crippen molar-refractivity contribution in [1.82, 2.24) is 9.80 Å². The second-order valence-corrected chi connectivity index (χ2v) is 5.65. The summed E-state index contributed by atoms with van der Waals surface area (Å²) in [5, 5.41) is 0. The predicted octanol–water partition coefficient (Wildman–Crippen LogP) is 0.735. The standard InChI is InChI=1S/C14H26N2O3/c1-12(2)19-13-3-5-15(6-4-13)11-14(17)16-7-9-18-10-8-16/h12-13H,3-11H2,1-2H3. The second-order valence-electron chi connectivity index (χ2n) is 5.65. The maximum atomic E-state index is 12.1. The predicted molar refractivity (Wildman–Crippen MR) is 73.1 cm³/mol. The van der Waals surface area contributed by atoms with Gasteiger partial charge in [0.25, 0.3) is 0 Å². The number of ether oxygens (including phenoxy) is 2. The molecule has 0 radical (unpaired) electrons. The minimum absolute atomic E-state index is 0.242. The highest BCUT2D eigenvalue weighted by atomic mass is 16.5. The molecule has 2 aliphatic rings. The molecule has 2 aliphatic heterocycles. The van der Waals surface area contributed by atoms with E-state index in [9.17, 15) is 4.79 Å². The van der Waals surface area contributed by atoms with Crippen molar-refractivity contribution in [1.29, 1.82) is 0 Å². The Balaban J connectivity index is 1.68. The molecule has 0 N–H and O–H groups in total. The van der Waals surface area contributed by atoms with E-state index >= 15 is 0 Å². The molecule has 0 aromatic carbocycles. The molecule has 0 aromatic rings. The van der Waals surface area contributed by atoms with E-state index in [4.69, 9.17) is 9.47 Å². The summed E-state index contributed by atoms with van der Waals surface area (Å²) in [5.41, 5.74) is 0. The number of carbonyl (C=O) groups is 1. The third-order valence-corrected chi connectivity index (χ3v) is 3.72. The monoisotopic (exact) mass is 270 g/mol.